The molecule has 7 nitrogen and oxygen atoms in total. The Balaban J connectivity index is 1.44. The van der Waals surface area contributed by atoms with Gasteiger partial charge in [0, 0.05) is 44.2 Å². The van der Waals surface area contributed by atoms with Gasteiger partial charge in [-0.1, -0.05) is 12.1 Å². The first-order valence-electron chi connectivity index (χ1n) is 11.3. The molecule has 0 bridgehead atoms. The third-order valence-corrected chi connectivity index (χ3v) is 6.39. The number of nitrogens with zero attached hydrogens (tertiary/aromatic N) is 2. The van der Waals surface area contributed by atoms with E-state index in [2.05, 4.69) is 15.6 Å². The van der Waals surface area contributed by atoms with Gasteiger partial charge in [-0.15, -0.1) is 0 Å². The number of alkyl halides is 3. The van der Waals surface area contributed by atoms with Crippen molar-refractivity contribution in [3.8, 4) is 0 Å². The minimum Gasteiger partial charge on any atom is -0.393 e. The standard InChI is InChI=1S/C24H27F3N4O3/c1-14(32)29-21-11-17(24(25,26)27)13-28-22(21)31-9-7-16(8-10-31)23(34)30-20-4-2-3-15-5-6-18(33)12-19(15)20/h2-4,11,13,16,18,33H,5-10,12H2,1H3,(H,29,32)(H,30,34). The molecule has 4 rings (SSSR count). The van der Waals surface area contributed by atoms with E-state index in [1.807, 2.05) is 18.2 Å². The number of piperidine rings is 1. The molecule has 2 heterocycles. The molecule has 1 aliphatic carbocycles. The molecule has 1 aromatic heterocycles. The van der Waals surface area contributed by atoms with Gasteiger partial charge >= 0.3 is 6.18 Å². The lowest BCUT2D eigenvalue weighted by molar-refractivity contribution is -0.137. The van der Waals surface area contributed by atoms with Gasteiger partial charge in [0.1, 0.15) is 0 Å². The molecule has 1 aliphatic heterocycles. The summed E-state index contributed by atoms with van der Waals surface area (Å²) in [5, 5.41) is 15.5. The highest BCUT2D eigenvalue weighted by atomic mass is 19.4. The zero-order chi connectivity index (χ0) is 24.5. The van der Waals surface area contributed by atoms with Crippen LogP contribution < -0.4 is 15.5 Å². The van der Waals surface area contributed by atoms with Crippen molar-refractivity contribution < 1.29 is 27.9 Å². The van der Waals surface area contributed by atoms with E-state index in [1.165, 1.54) is 6.92 Å². The summed E-state index contributed by atoms with van der Waals surface area (Å²) in [6, 6.07) is 6.64. The van der Waals surface area contributed by atoms with E-state index in [0.29, 0.717) is 38.8 Å². The number of amides is 2. The number of carbonyl (C=O) groups excluding carboxylic acids is 2. The van der Waals surface area contributed by atoms with Crippen LogP contribution in [0.5, 0.6) is 0 Å². The zero-order valence-electron chi connectivity index (χ0n) is 18.8. The Morgan fingerprint density at radius 2 is 1.85 bits per heavy atom. The van der Waals surface area contributed by atoms with E-state index in [9.17, 15) is 27.9 Å². The van der Waals surface area contributed by atoms with Crippen LogP contribution in [0.2, 0.25) is 0 Å². The first-order valence-corrected chi connectivity index (χ1v) is 11.3. The van der Waals surface area contributed by atoms with E-state index < -0.39 is 23.8 Å². The Bertz CT molecular complexity index is 1080. The van der Waals surface area contributed by atoms with Gasteiger partial charge in [-0.05, 0) is 48.9 Å². The fourth-order valence-corrected chi connectivity index (χ4v) is 4.62. The Labute approximate surface area is 195 Å². The van der Waals surface area contributed by atoms with Crippen molar-refractivity contribution in [3.05, 3.63) is 47.2 Å². The Hall–Kier alpha value is -3.14. The Kier molecular flexibility index (Phi) is 6.79. The normalized spacial score (nSPS) is 18.9. The number of rotatable bonds is 4. The zero-order valence-corrected chi connectivity index (χ0v) is 18.8. The molecule has 2 aromatic rings. The first kappa shape index (κ1) is 24.0. The molecular formula is C24H27F3N4O3. The second-order valence-corrected chi connectivity index (χ2v) is 8.86. The van der Waals surface area contributed by atoms with Crippen LogP contribution in [0, 0.1) is 5.92 Å². The summed E-state index contributed by atoms with van der Waals surface area (Å²) in [7, 11) is 0. The second kappa shape index (κ2) is 9.61. The molecule has 34 heavy (non-hydrogen) atoms. The number of hydrogen-bond acceptors (Lipinski definition) is 5. The lowest BCUT2D eigenvalue weighted by Gasteiger charge is -2.33. The Morgan fingerprint density at radius 1 is 1.12 bits per heavy atom. The van der Waals surface area contributed by atoms with Gasteiger partial charge in [-0.25, -0.2) is 4.98 Å². The molecule has 2 amide bonds. The molecule has 182 valence electrons. The third-order valence-electron chi connectivity index (χ3n) is 6.39. The topological polar surface area (TPSA) is 94.6 Å². The average molecular weight is 476 g/mol. The summed E-state index contributed by atoms with van der Waals surface area (Å²) in [6.07, 6.45) is -1.25. The lowest BCUT2D eigenvalue weighted by atomic mass is 9.88. The molecule has 1 atom stereocenters. The maximum absolute atomic E-state index is 13.1. The summed E-state index contributed by atoms with van der Waals surface area (Å²) in [5.74, 6) is -0.615. The van der Waals surface area contributed by atoms with Crippen molar-refractivity contribution in [2.45, 2.75) is 51.3 Å². The molecule has 1 saturated heterocycles. The molecule has 0 spiro atoms. The van der Waals surface area contributed by atoms with E-state index >= 15 is 0 Å². The largest absolute Gasteiger partial charge is 0.417 e. The number of anilines is 3. The summed E-state index contributed by atoms with van der Waals surface area (Å²) < 4.78 is 39.3. The first-order chi connectivity index (χ1) is 16.1. The smallest absolute Gasteiger partial charge is 0.393 e. The molecule has 10 heteroatoms. The van der Waals surface area contributed by atoms with Gasteiger partial charge in [0.05, 0.1) is 17.4 Å². The molecule has 0 radical (unpaired) electrons. The highest BCUT2D eigenvalue weighted by molar-refractivity contribution is 5.94. The number of halogens is 3. The van der Waals surface area contributed by atoms with Crippen molar-refractivity contribution in [2.75, 3.05) is 28.6 Å². The number of pyridine rings is 1. The summed E-state index contributed by atoms with van der Waals surface area (Å²) in [6.45, 7) is 2.05. The van der Waals surface area contributed by atoms with Gasteiger partial charge in [0.15, 0.2) is 5.82 Å². The fraction of sp³-hybridized carbons (Fsp3) is 0.458. The number of aromatic nitrogens is 1. The van der Waals surface area contributed by atoms with E-state index in [4.69, 9.17) is 0 Å². The molecule has 1 unspecified atom stereocenters. The predicted octanol–water partition coefficient (Wildman–Crippen LogP) is 3.76. The maximum Gasteiger partial charge on any atom is 0.417 e. The van der Waals surface area contributed by atoms with Crippen LogP contribution in [0.4, 0.5) is 30.4 Å². The molecule has 3 N–H and O–H groups in total. The number of fused-ring (bicyclic) bond motifs is 1. The lowest BCUT2D eigenvalue weighted by Crippen LogP contribution is -2.39. The van der Waals surface area contributed by atoms with Crippen LogP contribution >= 0.6 is 0 Å². The van der Waals surface area contributed by atoms with Gasteiger partial charge in [-0.2, -0.15) is 13.2 Å². The summed E-state index contributed by atoms with van der Waals surface area (Å²) in [4.78, 5) is 30.3. The number of hydrogen-bond donors (Lipinski definition) is 3. The minimum absolute atomic E-state index is 0.000280. The SMILES string of the molecule is CC(=O)Nc1cc(C(F)(F)F)cnc1N1CCC(C(=O)Nc2cccc3c2CC(O)CC3)CC1. The van der Waals surface area contributed by atoms with Crippen molar-refractivity contribution in [2.24, 2.45) is 5.92 Å². The number of aliphatic hydroxyl groups excluding tert-OH is 1. The van der Waals surface area contributed by atoms with Crippen LogP contribution in [0.3, 0.4) is 0 Å². The van der Waals surface area contributed by atoms with Crippen LogP contribution in [0.1, 0.15) is 42.9 Å². The number of aliphatic hydroxyl groups is 1. The van der Waals surface area contributed by atoms with E-state index in [1.54, 1.807) is 4.90 Å². The minimum atomic E-state index is -4.57. The predicted molar refractivity (Wildman–Crippen MR) is 122 cm³/mol. The molecule has 1 fully saturated rings. The Morgan fingerprint density at radius 3 is 2.53 bits per heavy atom. The quantitative estimate of drug-likeness (QED) is 0.625. The van der Waals surface area contributed by atoms with Crippen LogP contribution in [0.25, 0.3) is 0 Å². The third kappa shape index (κ3) is 5.32. The molecule has 1 aromatic carbocycles. The van der Waals surface area contributed by atoms with Gasteiger partial charge in [0.25, 0.3) is 0 Å². The summed E-state index contributed by atoms with van der Waals surface area (Å²) in [5.41, 5.74) is 1.89. The molecular weight excluding hydrogens is 449 g/mol. The monoisotopic (exact) mass is 476 g/mol. The number of carbonyl (C=O) groups is 2. The molecule has 0 saturated carbocycles. The second-order valence-electron chi connectivity index (χ2n) is 8.86. The number of nitrogens with one attached hydrogen (secondary N) is 2. The van der Waals surface area contributed by atoms with Gasteiger partial charge < -0.3 is 20.6 Å². The van der Waals surface area contributed by atoms with E-state index in [-0.39, 0.29) is 23.3 Å². The van der Waals surface area contributed by atoms with Crippen LogP contribution in [0.15, 0.2) is 30.5 Å². The van der Waals surface area contributed by atoms with Crippen LogP contribution in [-0.2, 0) is 28.6 Å². The number of benzene rings is 1. The van der Waals surface area contributed by atoms with Crippen molar-refractivity contribution in [1.82, 2.24) is 4.98 Å². The maximum atomic E-state index is 13.1. The highest BCUT2D eigenvalue weighted by Crippen LogP contribution is 2.35. The highest BCUT2D eigenvalue weighted by Gasteiger charge is 2.33. The fourth-order valence-electron chi connectivity index (χ4n) is 4.62. The molecule has 2 aliphatic rings. The van der Waals surface area contributed by atoms with Crippen molar-refractivity contribution >= 4 is 29.0 Å². The van der Waals surface area contributed by atoms with E-state index in [0.717, 1.165) is 35.5 Å². The average Bonchev–Trinajstić information content (AvgIpc) is 2.78. The van der Waals surface area contributed by atoms with Gasteiger partial charge in [-0.3, -0.25) is 9.59 Å². The van der Waals surface area contributed by atoms with Crippen molar-refractivity contribution in [3.63, 3.8) is 0 Å². The number of aryl methyl sites for hydroxylation is 1. The van der Waals surface area contributed by atoms with Crippen molar-refractivity contribution in [1.29, 1.82) is 0 Å². The van der Waals surface area contributed by atoms with Gasteiger partial charge in [0.2, 0.25) is 11.8 Å². The summed E-state index contributed by atoms with van der Waals surface area (Å²) >= 11 is 0. The van der Waals surface area contributed by atoms with Crippen LogP contribution in [-0.4, -0.2) is 41.1 Å².